The van der Waals surface area contributed by atoms with Gasteiger partial charge in [0.1, 0.15) is 11.6 Å². The summed E-state index contributed by atoms with van der Waals surface area (Å²) in [6.45, 7) is 2.19. The maximum Gasteiger partial charge on any atom is 0.303 e. The lowest BCUT2D eigenvalue weighted by Crippen LogP contribution is -2.24. The van der Waals surface area contributed by atoms with Crippen molar-refractivity contribution < 1.29 is 19.7 Å². The summed E-state index contributed by atoms with van der Waals surface area (Å²) in [5.74, 6) is 0.525. The Morgan fingerprint density at radius 1 is 1.27 bits per heavy atom. The largest absolute Gasteiger partial charge is 0.496 e. The zero-order valence-electron chi connectivity index (χ0n) is 17.7. The first-order chi connectivity index (χ1) is 14.5. The van der Waals surface area contributed by atoms with Crippen LogP contribution in [0.5, 0.6) is 5.75 Å². The Hall–Kier alpha value is -2.87. The maximum atomic E-state index is 11.2. The quantitative estimate of drug-likeness (QED) is 0.392. The van der Waals surface area contributed by atoms with Crippen molar-refractivity contribution in [3.05, 3.63) is 41.1 Å². The molecule has 1 atom stereocenters. The second-order valence-corrected chi connectivity index (χ2v) is 7.23. The topological polar surface area (TPSA) is 131 Å². The highest BCUT2D eigenvalue weighted by Crippen LogP contribution is 2.28. The number of unbranched alkanes of at least 4 members (excludes halogenated alkanes) is 1. The number of aromatic nitrogens is 2. The first kappa shape index (κ1) is 23.4. The summed E-state index contributed by atoms with van der Waals surface area (Å²) in [5.41, 5.74) is 8.30. The minimum atomic E-state index is -0.897. The summed E-state index contributed by atoms with van der Waals surface area (Å²) < 4.78 is 5.48. The molecule has 0 spiro atoms. The number of carboxylic acids is 1. The Kier molecular flexibility index (Phi) is 9.34. The van der Waals surface area contributed by atoms with Gasteiger partial charge >= 0.3 is 5.97 Å². The Morgan fingerprint density at radius 3 is 2.70 bits per heavy atom. The summed E-state index contributed by atoms with van der Waals surface area (Å²) in [6.07, 6.45) is 4.22. The molecule has 0 saturated heterocycles. The lowest BCUT2D eigenvalue weighted by atomic mass is 9.99. The van der Waals surface area contributed by atoms with Gasteiger partial charge in [0, 0.05) is 31.1 Å². The van der Waals surface area contributed by atoms with Gasteiger partial charge in [-0.1, -0.05) is 38.0 Å². The Morgan fingerprint density at radius 2 is 2.03 bits per heavy atom. The molecule has 0 aliphatic carbocycles. The highest BCUT2D eigenvalue weighted by molar-refractivity contribution is 5.67. The number of aliphatic hydroxyl groups excluding tert-OH is 1. The van der Waals surface area contributed by atoms with Gasteiger partial charge in [-0.3, -0.25) is 4.79 Å². The predicted molar refractivity (Wildman–Crippen MR) is 117 cm³/mol. The summed E-state index contributed by atoms with van der Waals surface area (Å²) in [5, 5.41) is 22.0. The molecule has 0 aliphatic rings. The second-order valence-electron chi connectivity index (χ2n) is 7.23. The molecular weight excluding hydrogens is 384 g/mol. The maximum absolute atomic E-state index is 11.2. The van der Waals surface area contributed by atoms with E-state index in [1.165, 1.54) is 0 Å². The van der Waals surface area contributed by atoms with Crippen molar-refractivity contribution in [1.82, 2.24) is 9.97 Å². The van der Waals surface area contributed by atoms with Crippen molar-refractivity contribution in [1.29, 1.82) is 0 Å². The number of carbonyl (C=O) groups is 1. The number of nitrogen functional groups attached to an aromatic ring is 1. The van der Waals surface area contributed by atoms with E-state index in [9.17, 15) is 9.90 Å². The number of aliphatic hydroxyl groups is 1. The summed E-state index contributed by atoms with van der Waals surface area (Å²) >= 11 is 0. The number of methoxy groups -OCH3 is 1. The fraction of sp³-hybridized carbons (Fsp3) is 0.500. The van der Waals surface area contributed by atoms with Crippen molar-refractivity contribution in [3.8, 4) is 5.75 Å². The monoisotopic (exact) mass is 416 g/mol. The number of hydrogen-bond donors (Lipinski definition) is 4. The van der Waals surface area contributed by atoms with E-state index in [0.29, 0.717) is 24.4 Å². The molecule has 2 aromatic rings. The zero-order valence-corrected chi connectivity index (χ0v) is 17.7. The number of aryl methyl sites for hydroxylation is 1. The minimum Gasteiger partial charge on any atom is -0.496 e. The Bertz CT molecular complexity index is 829. The van der Waals surface area contributed by atoms with Crippen molar-refractivity contribution in [2.24, 2.45) is 0 Å². The van der Waals surface area contributed by atoms with Gasteiger partial charge < -0.3 is 26.0 Å². The van der Waals surface area contributed by atoms with E-state index >= 15 is 0 Å². The number of nitrogens with one attached hydrogen (secondary N) is 1. The Balaban J connectivity index is 2.45. The number of rotatable bonds is 13. The number of carboxylic acid groups (broad SMARTS) is 1. The lowest BCUT2D eigenvalue weighted by Gasteiger charge is -2.22. The lowest BCUT2D eigenvalue weighted by molar-refractivity contribution is -0.136. The van der Waals surface area contributed by atoms with E-state index in [1.54, 1.807) is 7.11 Å². The standard InChI is InChI=1S/C22H32N4O4/c1-3-4-8-16(12-13-27)24-21-17(14-15-7-5-6-9-19(15)30-2)18(10-11-20(28)29)25-22(23)26-21/h5-7,9,16,27H,3-4,8,10-14H2,1-2H3,(H,28,29)(H3,23,24,25,26)/t16-/m0/s1. The first-order valence-electron chi connectivity index (χ1n) is 10.3. The van der Waals surface area contributed by atoms with E-state index in [0.717, 1.165) is 36.1 Å². The molecular formula is C22H32N4O4. The minimum absolute atomic E-state index is 0.0352. The van der Waals surface area contributed by atoms with E-state index < -0.39 is 5.97 Å². The average Bonchev–Trinajstić information content (AvgIpc) is 2.72. The molecule has 0 aliphatic heterocycles. The third-order valence-corrected chi connectivity index (χ3v) is 4.97. The van der Waals surface area contributed by atoms with E-state index in [2.05, 4.69) is 22.2 Å². The number of aliphatic carboxylic acids is 1. The fourth-order valence-electron chi connectivity index (χ4n) is 3.41. The number of para-hydroxylation sites is 1. The number of ether oxygens (including phenoxy) is 1. The second kappa shape index (κ2) is 12.0. The summed E-state index contributed by atoms with van der Waals surface area (Å²) in [4.78, 5) is 19.9. The van der Waals surface area contributed by atoms with Gasteiger partial charge in [-0.25, -0.2) is 4.98 Å². The van der Waals surface area contributed by atoms with Gasteiger partial charge in [-0.2, -0.15) is 4.98 Å². The molecule has 0 amide bonds. The number of anilines is 2. The predicted octanol–water partition coefficient (Wildman–Crippen LogP) is 3.03. The van der Waals surface area contributed by atoms with Gasteiger partial charge in [-0.15, -0.1) is 0 Å². The van der Waals surface area contributed by atoms with Crippen LogP contribution in [0.2, 0.25) is 0 Å². The van der Waals surface area contributed by atoms with Gasteiger partial charge in [0.2, 0.25) is 5.95 Å². The van der Waals surface area contributed by atoms with Crippen LogP contribution in [0.3, 0.4) is 0 Å². The van der Waals surface area contributed by atoms with Crippen LogP contribution in [0.25, 0.3) is 0 Å². The van der Waals surface area contributed by atoms with Crippen LogP contribution in [0, 0.1) is 0 Å². The molecule has 8 heteroatoms. The SMILES string of the molecule is CCCC[C@@H](CCO)Nc1nc(N)nc(CCC(=O)O)c1Cc1ccccc1OC. The molecule has 2 rings (SSSR count). The molecule has 8 nitrogen and oxygen atoms in total. The number of nitrogens with zero attached hydrogens (tertiary/aromatic N) is 2. The van der Waals surface area contributed by atoms with Crippen LogP contribution in [0.4, 0.5) is 11.8 Å². The van der Waals surface area contributed by atoms with E-state index in [-0.39, 0.29) is 31.4 Å². The van der Waals surface area contributed by atoms with Crippen LogP contribution in [-0.2, 0) is 17.6 Å². The molecule has 164 valence electrons. The van der Waals surface area contributed by atoms with Crippen LogP contribution >= 0.6 is 0 Å². The zero-order chi connectivity index (χ0) is 21.9. The summed E-state index contributed by atoms with van der Waals surface area (Å²) in [6, 6.07) is 7.70. The molecule has 5 N–H and O–H groups in total. The van der Waals surface area contributed by atoms with Crippen molar-refractivity contribution in [2.45, 2.75) is 57.9 Å². The molecule has 1 heterocycles. The molecule has 1 aromatic heterocycles. The van der Waals surface area contributed by atoms with E-state index in [1.807, 2.05) is 24.3 Å². The molecule has 30 heavy (non-hydrogen) atoms. The molecule has 0 fully saturated rings. The third-order valence-electron chi connectivity index (χ3n) is 4.97. The number of hydrogen-bond acceptors (Lipinski definition) is 7. The highest BCUT2D eigenvalue weighted by atomic mass is 16.5. The number of nitrogens with two attached hydrogens (primary N) is 1. The average molecular weight is 417 g/mol. The smallest absolute Gasteiger partial charge is 0.303 e. The Labute approximate surface area is 177 Å². The molecule has 1 aromatic carbocycles. The number of benzene rings is 1. The van der Waals surface area contributed by atoms with Gasteiger partial charge in [0.25, 0.3) is 0 Å². The van der Waals surface area contributed by atoms with Gasteiger partial charge in [-0.05, 0) is 24.5 Å². The summed E-state index contributed by atoms with van der Waals surface area (Å²) in [7, 11) is 1.62. The van der Waals surface area contributed by atoms with Crippen LogP contribution in [0.1, 0.15) is 55.8 Å². The van der Waals surface area contributed by atoms with Crippen molar-refractivity contribution in [2.75, 3.05) is 24.8 Å². The normalized spacial score (nSPS) is 11.8. The van der Waals surface area contributed by atoms with Gasteiger partial charge in [0.05, 0.1) is 19.2 Å². The van der Waals surface area contributed by atoms with Crippen molar-refractivity contribution >= 4 is 17.7 Å². The fourth-order valence-corrected chi connectivity index (χ4v) is 3.41. The third kappa shape index (κ3) is 6.88. The van der Waals surface area contributed by atoms with E-state index in [4.69, 9.17) is 15.6 Å². The first-order valence-corrected chi connectivity index (χ1v) is 10.3. The van der Waals surface area contributed by atoms with Crippen molar-refractivity contribution in [3.63, 3.8) is 0 Å². The van der Waals surface area contributed by atoms with Gasteiger partial charge in [0.15, 0.2) is 0 Å². The van der Waals surface area contributed by atoms with Crippen LogP contribution < -0.4 is 15.8 Å². The highest BCUT2D eigenvalue weighted by Gasteiger charge is 2.19. The molecule has 0 unspecified atom stereocenters. The van der Waals surface area contributed by atoms with Crippen LogP contribution in [0.15, 0.2) is 24.3 Å². The molecule has 0 bridgehead atoms. The molecule has 0 radical (unpaired) electrons. The molecule has 0 saturated carbocycles. The van der Waals surface area contributed by atoms with Crippen LogP contribution in [-0.4, -0.2) is 45.9 Å².